The molecule has 2 nitrogen and oxygen atoms in total. The zero-order valence-electron chi connectivity index (χ0n) is 15.7. The highest BCUT2D eigenvalue weighted by Crippen LogP contribution is 2.49. The van der Waals surface area contributed by atoms with Gasteiger partial charge in [-0.2, -0.15) is 0 Å². The third kappa shape index (κ3) is 3.09. The van der Waals surface area contributed by atoms with E-state index in [2.05, 4.69) is 80.2 Å². The number of hydrogen-bond acceptors (Lipinski definition) is 3. The minimum absolute atomic E-state index is 0.589. The second kappa shape index (κ2) is 6.69. The molecule has 2 atom stereocenters. The predicted molar refractivity (Wildman–Crippen MR) is 108 cm³/mol. The highest BCUT2D eigenvalue weighted by Gasteiger charge is 2.40. The number of anilines is 1. The summed E-state index contributed by atoms with van der Waals surface area (Å²) in [5, 5.41) is 0. The van der Waals surface area contributed by atoms with Crippen molar-refractivity contribution < 1.29 is 0 Å². The number of fused-ring (bicyclic) bond motifs is 3. The molecule has 2 aliphatic rings. The molecule has 1 saturated heterocycles. The zero-order valence-corrected chi connectivity index (χ0v) is 16.5. The molecule has 2 aromatic rings. The number of benzene rings is 2. The third-order valence-electron chi connectivity index (χ3n) is 5.83. The van der Waals surface area contributed by atoms with Gasteiger partial charge in [0.05, 0.1) is 5.69 Å². The number of piperidine rings is 1. The number of likely N-dealkylation sites (tertiary alicyclic amines) is 1. The van der Waals surface area contributed by atoms with Crippen LogP contribution in [0.1, 0.15) is 43.2 Å². The second-order valence-electron chi connectivity index (χ2n) is 7.86. The number of likely N-dealkylation sites (N-methyl/N-ethyl adjacent to an activating group) is 2. The van der Waals surface area contributed by atoms with E-state index in [1.807, 2.05) is 11.8 Å². The average Bonchev–Trinajstić information content (AvgIpc) is 2.88. The van der Waals surface area contributed by atoms with Crippen molar-refractivity contribution in [3.8, 4) is 0 Å². The highest BCUT2D eigenvalue weighted by atomic mass is 32.2. The predicted octanol–water partition coefficient (Wildman–Crippen LogP) is 5.20. The first-order valence-electron chi connectivity index (χ1n) is 9.36. The first-order chi connectivity index (χ1) is 12.0. The van der Waals surface area contributed by atoms with E-state index in [4.69, 9.17) is 0 Å². The molecule has 0 aliphatic carbocycles. The Kier molecular flexibility index (Phi) is 4.55. The lowest BCUT2D eigenvalue weighted by molar-refractivity contribution is 0.234. The number of rotatable bonds is 3. The maximum absolute atomic E-state index is 2.55. The fourth-order valence-electron chi connectivity index (χ4n) is 4.38. The monoisotopic (exact) mass is 352 g/mol. The van der Waals surface area contributed by atoms with Crippen LogP contribution in [-0.4, -0.2) is 38.1 Å². The van der Waals surface area contributed by atoms with Gasteiger partial charge < -0.3 is 9.80 Å². The van der Waals surface area contributed by atoms with Gasteiger partial charge in [-0.1, -0.05) is 49.9 Å². The molecule has 2 aromatic carbocycles. The minimum atomic E-state index is 0.589. The SMILES string of the molecule is CC(C)c1ccc(Sc2cccc3c2N(C)C2CCN(C)CC32)cc1. The first kappa shape index (κ1) is 17.0. The van der Waals surface area contributed by atoms with Crippen molar-refractivity contribution in [1.29, 1.82) is 0 Å². The Balaban J connectivity index is 1.64. The van der Waals surface area contributed by atoms with Crippen molar-refractivity contribution >= 4 is 17.4 Å². The lowest BCUT2D eigenvalue weighted by atomic mass is 9.89. The lowest BCUT2D eigenvalue weighted by Crippen LogP contribution is -2.43. The maximum Gasteiger partial charge on any atom is 0.0544 e. The third-order valence-corrected chi connectivity index (χ3v) is 6.89. The number of para-hydroxylation sites is 1. The fraction of sp³-hybridized carbons (Fsp3) is 0.455. The molecular weight excluding hydrogens is 324 g/mol. The Hall–Kier alpha value is -1.45. The van der Waals surface area contributed by atoms with Crippen molar-refractivity contribution in [2.24, 2.45) is 0 Å². The molecular formula is C22H28N2S. The summed E-state index contributed by atoms with van der Waals surface area (Å²) in [4.78, 5) is 7.76. The summed E-state index contributed by atoms with van der Waals surface area (Å²) >= 11 is 1.91. The average molecular weight is 353 g/mol. The van der Waals surface area contributed by atoms with E-state index in [0.717, 1.165) is 0 Å². The van der Waals surface area contributed by atoms with Crippen LogP contribution in [0.25, 0.3) is 0 Å². The Morgan fingerprint density at radius 1 is 1.04 bits per heavy atom. The standard InChI is InChI=1S/C22H28N2S/c1-15(2)16-8-10-17(11-9-16)25-21-7-5-6-18-19-14-23(3)13-12-20(19)24(4)22(18)21/h5-11,15,19-20H,12-14H2,1-4H3. The van der Waals surface area contributed by atoms with Crippen LogP contribution in [0, 0.1) is 0 Å². The molecule has 0 saturated carbocycles. The van der Waals surface area contributed by atoms with Gasteiger partial charge in [0.2, 0.25) is 0 Å². The Labute approximate surface area is 156 Å². The normalized spacial score (nSPS) is 23.0. The molecule has 3 heteroatoms. The Morgan fingerprint density at radius 2 is 1.80 bits per heavy atom. The Bertz CT molecular complexity index is 753. The van der Waals surface area contributed by atoms with Gasteiger partial charge in [0.25, 0.3) is 0 Å². The largest absolute Gasteiger partial charge is 0.370 e. The van der Waals surface area contributed by atoms with Gasteiger partial charge in [-0.25, -0.2) is 0 Å². The summed E-state index contributed by atoms with van der Waals surface area (Å²) in [6, 6.07) is 16.6. The van der Waals surface area contributed by atoms with E-state index in [-0.39, 0.29) is 0 Å². The van der Waals surface area contributed by atoms with Gasteiger partial charge in [0.1, 0.15) is 0 Å². The van der Waals surface area contributed by atoms with E-state index in [1.165, 1.54) is 40.6 Å². The summed E-state index contributed by atoms with van der Waals surface area (Å²) < 4.78 is 0. The Morgan fingerprint density at radius 3 is 2.52 bits per heavy atom. The van der Waals surface area contributed by atoms with Crippen molar-refractivity contribution in [2.75, 3.05) is 32.1 Å². The van der Waals surface area contributed by atoms with E-state index in [1.54, 1.807) is 5.56 Å². The zero-order chi connectivity index (χ0) is 17.6. The van der Waals surface area contributed by atoms with Crippen LogP contribution in [0.15, 0.2) is 52.3 Å². The quantitative estimate of drug-likeness (QED) is 0.750. The summed E-state index contributed by atoms with van der Waals surface area (Å²) in [5.41, 5.74) is 4.42. The maximum atomic E-state index is 2.55. The molecule has 0 spiro atoms. The van der Waals surface area contributed by atoms with Crippen molar-refractivity contribution in [2.45, 2.75) is 47.9 Å². The van der Waals surface area contributed by atoms with Crippen LogP contribution < -0.4 is 4.90 Å². The smallest absolute Gasteiger partial charge is 0.0544 e. The highest BCUT2D eigenvalue weighted by molar-refractivity contribution is 7.99. The molecule has 25 heavy (non-hydrogen) atoms. The van der Waals surface area contributed by atoms with Crippen LogP contribution in [0.2, 0.25) is 0 Å². The van der Waals surface area contributed by atoms with Crippen molar-refractivity contribution in [3.63, 3.8) is 0 Å². The molecule has 0 bridgehead atoms. The molecule has 4 rings (SSSR count). The van der Waals surface area contributed by atoms with Crippen LogP contribution >= 0.6 is 11.8 Å². The van der Waals surface area contributed by atoms with Crippen molar-refractivity contribution in [3.05, 3.63) is 53.6 Å². The number of nitrogens with zero attached hydrogens (tertiary/aromatic N) is 2. The van der Waals surface area contributed by atoms with Crippen molar-refractivity contribution in [1.82, 2.24) is 4.90 Å². The summed E-state index contributed by atoms with van der Waals surface area (Å²) in [7, 11) is 4.55. The van der Waals surface area contributed by atoms with E-state index >= 15 is 0 Å². The van der Waals surface area contributed by atoms with Gasteiger partial charge in [0.15, 0.2) is 0 Å². The molecule has 0 amide bonds. The van der Waals surface area contributed by atoms with Gasteiger partial charge in [-0.05, 0) is 55.3 Å². The molecule has 2 aliphatic heterocycles. The second-order valence-corrected chi connectivity index (χ2v) is 8.97. The summed E-state index contributed by atoms with van der Waals surface area (Å²) in [5.74, 6) is 1.24. The van der Waals surface area contributed by atoms with Gasteiger partial charge in [0, 0.05) is 35.3 Å². The summed E-state index contributed by atoms with van der Waals surface area (Å²) in [6.07, 6.45) is 1.26. The van der Waals surface area contributed by atoms with Crippen LogP contribution in [-0.2, 0) is 0 Å². The molecule has 2 unspecified atom stereocenters. The van der Waals surface area contributed by atoms with Gasteiger partial charge in [-0.15, -0.1) is 0 Å². The molecule has 132 valence electrons. The first-order valence-corrected chi connectivity index (χ1v) is 10.2. The molecule has 2 heterocycles. The van der Waals surface area contributed by atoms with Crippen LogP contribution in [0.4, 0.5) is 5.69 Å². The van der Waals surface area contributed by atoms with E-state index in [0.29, 0.717) is 17.9 Å². The number of hydrogen-bond donors (Lipinski definition) is 0. The lowest BCUT2D eigenvalue weighted by Gasteiger charge is -2.35. The summed E-state index contributed by atoms with van der Waals surface area (Å²) in [6.45, 7) is 6.89. The minimum Gasteiger partial charge on any atom is -0.370 e. The molecule has 0 N–H and O–H groups in total. The molecule has 0 radical (unpaired) electrons. The van der Waals surface area contributed by atoms with Gasteiger partial charge >= 0.3 is 0 Å². The van der Waals surface area contributed by atoms with E-state index < -0.39 is 0 Å². The van der Waals surface area contributed by atoms with E-state index in [9.17, 15) is 0 Å². The fourth-order valence-corrected chi connectivity index (χ4v) is 5.41. The van der Waals surface area contributed by atoms with Crippen LogP contribution in [0.5, 0.6) is 0 Å². The molecule has 1 fully saturated rings. The molecule has 0 aromatic heterocycles. The van der Waals surface area contributed by atoms with Gasteiger partial charge in [-0.3, -0.25) is 0 Å². The van der Waals surface area contributed by atoms with Crippen LogP contribution in [0.3, 0.4) is 0 Å². The topological polar surface area (TPSA) is 6.48 Å².